The normalized spacial score (nSPS) is 11.5. The van der Waals surface area contributed by atoms with Crippen LogP contribution in [0.2, 0.25) is 0 Å². The number of aryl methyl sites for hydroxylation is 1. The molecule has 0 fully saturated rings. The third kappa shape index (κ3) is 4.40. The third-order valence-corrected chi connectivity index (χ3v) is 4.70. The molecule has 0 amide bonds. The first kappa shape index (κ1) is 22.0. The van der Waals surface area contributed by atoms with E-state index in [9.17, 15) is 18.0 Å². The molecule has 0 atom stereocenters. The van der Waals surface area contributed by atoms with Crippen LogP contribution in [0, 0.1) is 0 Å². The lowest BCUT2D eigenvalue weighted by Crippen LogP contribution is -2.21. The molecule has 0 saturated carbocycles. The lowest BCUT2D eigenvalue weighted by atomic mass is 9.95. The van der Waals surface area contributed by atoms with E-state index in [1.54, 1.807) is 12.1 Å². The minimum absolute atomic E-state index is 0.104. The molecule has 9 nitrogen and oxygen atoms in total. The predicted octanol–water partition coefficient (Wildman–Crippen LogP) is 3.37. The van der Waals surface area contributed by atoms with Gasteiger partial charge in [-0.05, 0) is 29.3 Å². The Morgan fingerprint density at radius 1 is 0.939 bits per heavy atom. The first-order chi connectivity index (χ1) is 15.7. The molecule has 4 rings (SSSR count). The summed E-state index contributed by atoms with van der Waals surface area (Å²) in [6.45, 7) is 0. The first-order valence-electron chi connectivity index (χ1n) is 9.40. The van der Waals surface area contributed by atoms with Crippen LogP contribution in [0.25, 0.3) is 33.4 Å². The van der Waals surface area contributed by atoms with E-state index < -0.39 is 11.9 Å². The van der Waals surface area contributed by atoms with Crippen LogP contribution in [0.3, 0.4) is 0 Å². The Morgan fingerprint density at radius 2 is 1.58 bits per heavy atom. The van der Waals surface area contributed by atoms with Gasteiger partial charge in [0.25, 0.3) is 5.56 Å². The highest BCUT2D eigenvalue weighted by atomic mass is 19.4. The van der Waals surface area contributed by atoms with E-state index in [0.717, 1.165) is 4.68 Å². The number of alkyl halides is 3. The molecule has 0 aliphatic heterocycles. The van der Waals surface area contributed by atoms with Gasteiger partial charge in [-0.25, -0.2) is 4.68 Å². The molecule has 0 spiro atoms. The van der Waals surface area contributed by atoms with E-state index in [4.69, 9.17) is 9.47 Å². The van der Waals surface area contributed by atoms with Crippen LogP contribution in [0.4, 0.5) is 13.2 Å². The number of rotatable bonds is 5. The van der Waals surface area contributed by atoms with E-state index >= 15 is 0 Å². The average Bonchev–Trinajstić information content (AvgIpc) is 2.80. The average molecular weight is 459 g/mol. The number of nitrogens with zero attached hydrogens (tertiary/aromatic N) is 5. The van der Waals surface area contributed by atoms with Crippen molar-refractivity contribution >= 4 is 10.9 Å². The lowest BCUT2D eigenvalue weighted by Gasteiger charge is -2.14. The van der Waals surface area contributed by atoms with Gasteiger partial charge in [0.2, 0.25) is 11.8 Å². The molecular formula is C21H16F3N5O4. The van der Waals surface area contributed by atoms with E-state index in [2.05, 4.69) is 25.0 Å². The van der Waals surface area contributed by atoms with Crippen LogP contribution in [0.1, 0.15) is 0 Å². The Kier molecular flexibility index (Phi) is 5.58. The minimum Gasteiger partial charge on any atom is -0.481 e. The van der Waals surface area contributed by atoms with Gasteiger partial charge in [0, 0.05) is 12.6 Å². The van der Waals surface area contributed by atoms with Gasteiger partial charge in [0.05, 0.1) is 25.7 Å². The maximum atomic E-state index is 13.0. The minimum atomic E-state index is -4.81. The number of hydrogen-bond acceptors (Lipinski definition) is 8. The smallest absolute Gasteiger partial charge is 0.481 e. The largest absolute Gasteiger partial charge is 0.573 e. The summed E-state index contributed by atoms with van der Waals surface area (Å²) in [5.74, 6) is 0.0994. The molecule has 12 heteroatoms. The molecular weight excluding hydrogens is 443 g/mol. The van der Waals surface area contributed by atoms with Crippen molar-refractivity contribution in [2.24, 2.45) is 7.05 Å². The van der Waals surface area contributed by atoms with Crippen molar-refractivity contribution < 1.29 is 27.4 Å². The standard InChI is InChI=1S/C21H16F3N5O4/c1-29-20(30)18-14(27-28-29)9-8-13(11-4-6-12(7-5-11)33-21(22,23)24)17(18)19-25-15(31-2)10-16(26-19)32-3/h4-10H,1-3H3. The summed E-state index contributed by atoms with van der Waals surface area (Å²) >= 11 is 0. The van der Waals surface area contributed by atoms with Crippen molar-refractivity contribution in [2.75, 3.05) is 14.2 Å². The van der Waals surface area contributed by atoms with E-state index in [1.165, 1.54) is 51.6 Å². The number of methoxy groups -OCH3 is 2. The molecule has 2 aromatic carbocycles. The Bertz CT molecular complexity index is 1370. The summed E-state index contributed by atoms with van der Waals surface area (Å²) in [5.41, 5.74) is 1.09. The van der Waals surface area contributed by atoms with Crippen molar-refractivity contribution in [1.82, 2.24) is 25.0 Å². The summed E-state index contributed by atoms with van der Waals surface area (Å²) in [5, 5.41) is 8.03. The molecule has 0 unspecified atom stereocenters. The van der Waals surface area contributed by atoms with Crippen LogP contribution in [-0.2, 0) is 7.05 Å². The number of fused-ring (bicyclic) bond motifs is 1. The number of hydrogen-bond donors (Lipinski definition) is 0. The Labute approximate surface area is 184 Å². The molecule has 0 saturated heterocycles. The number of aromatic nitrogens is 5. The molecule has 0 bridgehead atoms. The van der Waals surface area contributed by atoms with E-state index in [0.29, 0.717) is 22.2 Å². The fourth-order valence-electron chi connectivity index (χ4n) is 3.24. The lowest BCUT2D eigenvalue weighted by molar-refractivity contribution is -0.274. The maximum Gasteiger partial charge on any atom is 0.573 e. The van der Waals surface area contributed by atoms with Crippen LogP contribution >= 0.6 is 0 Å². The van der Waals surface area contributed by atoms with E-state index in [-0.39, 0.29) is 28.7 Å². The van der Waals surface area contributed by atoms with Crippen LogP contribution in [0.15, 0.2) is 47.3 Å². The summed E-state index contributed by atoms with van der Waals surface area (Å²) in [7, 11) is 4.28. The van der Waals surface area contributed by atoms with Gasteiger partial charge >= 0.3 is 6.36 Å². The molecule has 4 aromatic rings. The monoisotopic (exact) mass is 459 g/mol. The van der Waals surface area contributed by atoms with Gasteiger partial charge in [0.1, 0.15) is 11.3 Å². The van der Waals surface area contributed by atoms with Gasteiger partial charge < -0.3 is 14.2 Å². The maximum absolute atomic E-state index is 13.0. The highest BCUT2D eigenvalue weighted by Gasteiger charge is 2.31. The molecule has 2 heterocycles. The van der Waals surface area contributed by atoms with Crippen molar-refractivity contribution in [3.8, 4) is 40.0 Å². The second kappa shape index (κ2) is 8.37. The van der Waals surface area contributed by atoms with Crippen molar-refractivity contribution in [2.45, 2.75) is 6.36 Å². The fourth-order valence-corrected chi connectivity index (χ4v) is 3.24. The van der Waals surface area contributed by atoms with Gasteiger partial charge in [-0.3, -0.25) is 4.79 Å². The molecule has 0 N–H and O–H groups in total. The summed E-state index contributed by atoms with van der Waals surface area (Å²) in [6.07, 6.45) is -4.81. The van der Waals surface area contributed by atoms with Crippen molar-refractivity contribution in [3.63, 3.8) is 0 Å². The summed E-state index contributed by atoms with van der Waals surface area (Å²) < 4.78 is 53.1. The predicted molar refractivity (Wildman–Crippen MR) is 111 cm³/mol. The number of halogens is 3. The fraction of sp³-hybridized carbons (Fsp3) is 0.190. The Morgan fingerprint density at radius 3 is 2.15 bits per heavy atom. The molecule has 0 aliphatic rings. The quantitative estimate of drug-likeness (QED) is 0.448. The number of benzene rings is 2. The molecule has 2 aromatic heterocycles. The van der Waals surface area contributed by atoms with Gasteiger partial charge in [-0.2, -0.15) is 9.97 Å². The summed E-state index contributed by atoms with van der Waals surface area (Å²) in [4.78, 5) is 21.7. The van der Waals surface area contributed by atoms with Gasteiger partial charge in [-0.15, -0.1) is 18.3 Å². The topological polar surface area (TPSA) is 101 Å². The van der Waals surface area contributed by atoms with Gasteiger partial charge in [0.15, 0.2) is 5.82 Å². The Balaban J connectivity index is 2.01. The number of ether oxygens (including phenoxy) is 3. The highest BCUT2D eigenvalue weighted by Crippen LogP contribution is 2.37. The summed E-state index contributed by atoms with van der Waals surface area (Å²) in [6, 6.07) is 9.92. The Hall–Kier alpha value is -4.22. The SMILES string of the molecule is COc1cc(OC)nc(-c2c(-c3ccc(OC(F)(F)F)cc3)ccc3nnn(C)c(=O)c23)n1. The molecule has 0 radical (unpaired) electrons. The molecule has 33 heavy (non-hydrogen) atoms. The van der Waals surface area contributed by atoms with Crippen molar-refractivity contribution in [3.05, 3.63) is 52.8 Å². The zero-order valence-corrected chi connectivity index (χ0v) is 17.5. The first-order valence-corrected chi connectivity index (χ1v) is 9.40. The van der Waals surface area contributed by atoms with E-state index in [1.807, 2.05) is 0 Å². The zero-order chi connectivity index (χ0) is 23.8. The van der Waals surface area contributed by atoms with Crippen LogP contribution in [-0.4, -0.2) is 45.5 Å². The second-order valence-electron chi connectivity index (χ2n) is 6.75. The second-order valence-corrected chi connectivity index (χ2v) is 6.75. The van der Waals surface area contributed by atoms with Crippen molar-refractivity contribution in [1.29, 1.82) is 0 Å². The van der Waals surface area contributed by atoms with Crippen LogP contribution in [0.5, 0.6) is 17.5 Å². The highest BCUT2D eigenvalue weighted by molar-refractivity contribution is 6.00. The third-order valence-electron chi connectivity index (χ3n) is 4.70. The molecule has 0 aliphatic carbocycles. The van der Waals surface area contributed by atoms with Crippen LogP contribution < -0.4 is 19.8 Å². The zero-order valence-electron chi connectivity index (χ0n) is 17.5. The van der Waals surface area contributed by atoms with Gasteiger partial charge in [-0.1, -0.05) is 23.4 Å². The molecule has 170 valence electrons.